The van der Waals surface area contributed by atoms with E-state index in [4.69, 9.17) is 0 Å². The topological polar surface area (TPSA) is 70.1 Å². The van der Waals surface area contributed by atoms with Crippen LogP contribution in [0.4, 0.5) is 11.6 Å². The lowest BCUT2D eigenvalue weighted by molar-refractivity contribution is 0.249. The maximum atomic E-state index is 9.39. The van der Waals surface area contributed by atoms with Crippen molar-refractivity contribution < 1.29 is 5.11 Å². The highest BCUT2D eigenvalue weighted by atomic mass is 16.3. The molecule has 0 aromatic carbocycles. The summed E-state index contributed by atoms with van der Waals surface area (Å²) < 4.78 is 0. The van der Waals surface area contributed by atoms with Crippen LogP contribution in [0.15, 0.2) is 6.07 Å². The largest absolute Gasteiger partial charge is 0.394 e. The van der Waals surface area contributed by atoms with Gasteiger partial charge < -0.3 is 15.7 Å². The van der Waals surface area contributed by atoms with Crippen LogP contribution in [0.5, 0.6) is 0 Å². The highest BCUT2D eigenvalue weighted by Crippen LogP contribution is 2.23. The Balaban J connectivity index is 3.07. The maximum Gasteiger partial charge on any atom is 0.138 e. The van der Waals surface area contributed by atoms with Crippen molar-refractivity contribution in [2.45, 2.75) is 46.1 Å². The number of aliphatic hydroxyl groups is 1. The molecule has 0 saturated carbocycles. The summed E-state index contributed by atoms with van der Waals surface area (Å²) in [5.74, 6) is 2.64. The van der Waals surface area contributed by atoms with Gasteiger partial charge >= 0.3 is 0 Å². The number of nitrogens with one attached hydrogen (secondary N) is 2. The molecular formula is C14H26N4O. The van der Waals surface area contributed by atoms with E-state index < -0.39 is 0 Å². The molecule has 0 saturated heterocycles. The zero-order chi connectivity index (χ0) is 14.6. The van der Waals surface area contributed by atoms with Crippen molar-refractivity contribution in [1.29, 1.82) is 0 Å². The lowest BCUT2D eigenvalue weighted by atomic mass is 9.95. The molecule has 3 N–H and O–H groups in total. The second-order valence-corrected chi connectivity index (χ2v) is 6.14. The molecule has 0 radical (unpaired) electrons. The summed E-state index contributed by atoms with van der Waals surface area (Å²) in [5, 5.41) is 15.7. The first-order valence-electron chi connectivity index (χ1n) is 6.72. The van der Waals surface area contributed by atoms with Gasteiger partial charge in [-0.05, 0) is 5.92 Å². The van der Waals surface area contributed by atoms with Gasteiger partial charge in [-0.1, -0.05) is 34.6 Å². The van der Waals surface area contributed by atoms with E-state index in [1.807, 2.05) is 13.1 Å². The molecule has 0 fully saturated rings. The van der Waals surface area contributed by atoms with Crippen LogP contribution in [0.25, 0.3) is 0 Å². The third-order valence-corrected chi connectivity index (χ3v) is 2.99. The molecule has 5 heteroatoms. The van der Waals surface area contributed by atoms with E-state index in [-0.39, 0.29) is 18.1 Å². The Morgan fingerprint density at radius 2 is 1.79 bits per heavy atom. The van der Waals surface area contributed by atoms with Gasteiger partial charge in [-0.2, -0.15) is 0 Å². The Morgan fingerprint density at radius 3 is 2.21 bits per heavy atom. The zero-order valence-electron chi connectivity index (χ0n) is 12.8. The molecule has 1 aromatic heterocycles. The molecule has 1 rings (SSSR count). The third kappa shape index (κ3) is 4.35. The van der Waals surface area contributed by atoms with Gasteiger partial charge in [-0.15, -0.1) is 0 Å². The van der Waals surface area contributed by atoms with Crippen LogP contribution in [0.2, 0.25) is 0 Å². The number of nitrogens with zero attached hydrogens (tertiary/aromatic N) is 2. The summed E-state index contributed by atoms with van der Waals surface area (Å²) in [7, 11) is 1.84. The maximum absolute atomic E-state index is 9.39. The van der Waals surface area contributed by atoms with Crippen molar-refractivity contribution in [3.63, 3.8) is 0 Å². The molecule has 5 nitrogen and oxygen atoms in total. The lowest BCUT2D eigenvalue weighted by Gasteiger charge is -2.23. The quantitative estimate of drug-likeness (QED) is 0.762. The normalized spacial score (nSPS) is 13.5. The molecule has 0 aliphatic rings. The summed E-state index contributed by atoms with van der Waals surface area (Å²) in [6, 6.07) is 1.85. The summed E-state index contributed by atoms with van der Waals surface area (Å²) >= 11 is 0. The van der Waals surface area contributed by atoms with Crippen molar-refractivity contribution in [3.8, 4) is 0 Å². The third-order valence-electron chi connectivity index (χ3n) is 2.99. The molecular weight excluding hydrogens is 240 g/mol. The smallest absolute Gasteiger partial charge is 0.138 e. The van der Waals surface area contributed by atoms with E-state index in [0.29, 0.717) is 5.92 Å². The fourth-order valence-electron chi connectivity index (χ4n) is 1.60. The molecule has 0 aliphatic carbocycles. The SMILES string of the molecule is CNc1cc(N[C@H](CO)C(C)C)nc(C(C)(C)C)n1. The van der Waals surface area contributed by atoms with Crippen LogP contribution in [0.1, 0.15) is 40.4 Å². The summed E-state index contributed by atoms with van der Waals surface area (Å²) in [6.07, 6.45) is 0. The zero-order valence-corrected chi connectivity index (χ0v) is 12.8. The molecule has 1 atom stereocenters. The summed E-state index contributed by atoms with van der Waals surface area (Å²) in [6.45, 7) is 10.5. The number of hydrogen-bond acceptors (Lipinski definition) is 5. The van der Waals surface area contributed by atoms with Gasteiger partial charge in [0, 0.05) is 18.5 Å². The number of anilines is 2. The highest BCUT2D eigenvalue weighted by molar-refractivity contribution is 5.48. The molecule has 0 amide bonds. The van der Waals surface area contributed by atoms with Crippen molar-refractivity contribution >= 4 is 11.6 Å². The number of aromatic nitrogens is 2. The molecule has 0 aliphatic heterocycles. The van der Waals surface area contributed by atoms with Gasteiger partial charge in [-0.3, -0.25) is 0 Å². The number of aliphatic hydroxyl groups excluding tert-OH is 1. The van der Waals surface area contributed by atoms with Crippen molar-refractivity contribution in [3.05, 3.63) is 11.9 Å². The molecule has 0 spiro atoms. The summed E-state index contributed by atoms with van der Waals surface area (Å²) in [5.41, 5.74) is -0.115. The number of hydrogen-bond donors (Lipinski definition) is 3. The first-order valence-corrected chi connectivity index (χ1v) is 6.72. The highest BCUT2D eigenvalue weighted by Gasteiger charge is 2.20. The number of rotatable bonds is 5. The van der Waals surface area contributed by atoms with Crippen LogP contribution in [0, 0.1) is 5.92 Å². The van der Waals surface area contributed by atoms with Crippen LogP contribution < -0.4 is 10.6 Å². The van der Waals surface area contributed by atoms with Gasteiger partial charge in [0.05, 0.1) is 12.6 Å². The van der Waals surface area contributed by atoms with Crippen molar-refractivity contribution in [2.75, 3.05) is 24.3 Å². The second-order valence-electron chi connectivity index (χ2n) is 6.14. The average Bonchev–Trinajstić information content (AvgIpc) is 2.34. The van der Waals surface area contributed by atoms with Crippen molar-refractivity contribution in [2.24, 2.45) is 5.92 Å². The van der Waals surface area contributed by atoms with Gasteiger partial charge in [0.25, 0.3) is 0 Å². The predicted molar refractivity (Wildman–Crippen MR) is 79.6 cm³/mol. The van der Waals surface area contributed by atoms with Crippen LogP contribution in [-0.2, 0) is 5.41 Å². The minimum Gasteiger partial charge on any atom is -0.394 e. The molecule has 0 unspecified atom stereocenters. The second kappa shape index (κ2) is 6.19. The van der Waals surface area contributed by atoms with E-state index in [2.05, 4.69) is 55.2 Å². The van der Waals surface area contributed by atoms with E-state index in [9.17, 15) is 5.11 Å². The Bertz CT molecular complexity index is 412. The Labute approximate surface area is 115 Å². The standard InChI is InChI=1S/C14H26N4O/c1-9(2)10(8-19)16-12-7-11(15-6)17-13(18-12)14(3,4)5/h7,9-10,19H,8H2,1-6H3,(H2,15,16,17,18)/t10-/m1/s1. The van der Waals surface area contributed by atoms with Crippen LogP contribution >= 0.6 is 0 Å². The first-order chi connectivity index (χ1) is 8.77. The Hall–Kier alpha value is -1.36. The lowest BCUT2D eigenvalue weighted by Crippen LogP contribution is -2.30. The van der Waals surface area contributed by atoms with E-state index >= 15 is 0 Å². The molecule has 1 heterocycles. The van der Waals surface area contributed by atoms with Crippen LogP contribution in [0.3, 0.4) is 0 Å². The molecule has 1 aromatic rings. The molecule has 19 heavy (non-hydrogen) atoms. The van der Waals surface area contributed by atoms with Gasteiger partial charge in [0.15, 0.2) is 0 Å². The van der Waals surface area contributed by atoms with E-state index in [1.54, 1.807) is 0 Å². The first kappa shape index (κ1) is 15.7. The molecule has 108 valence electrons. The van der Waals surface area contributed by atoms with Crippen LogP contribution in [-0.4, -0.2) is 34.8 Å². The van der Waals surface area contributed by atoms with E-state index in [1.165, 1.54) is 0 Å². The summed E-state index contributed by atoms with van der Waals surface area (Å²) in [4.78, 5) is 9.03. The minimum atomic E-state index is -0.115. The fourth-order valence-corrected chi connectivity index (χ4v) is 1.60. The molecule has 0 bridgehead atoms. The fraction of sp³-hybridized carbons (Fsp3) is 0.714. The van der Waals surface area contributed by atoms with Gasteiger partial charge in [0.1, 0.15) is 17.5 Å². The minimum absolute atomic E-state index is 0.00701. The Morgan fingerprint density at radius 1 is 1.21 bits per heavy atom. The average molecular weight is 266 g/mol. The van der Waals surface area contributed by atoms with Gasteiger partial charge in [-0.25, -0.2) is 9.97 Å². The monoisotopic (exact) mass is 266 g/mol. The Kier molecular flexibility index (Phi) is 5.11. The van der Waals surface area contributed by atoms with Gasteiger partial charge in [0.2, 0.25) is 0 Å². The van der Waals surface area contributed by atoms with Crippen molar-refractivity contribution in [1.82, 2.24) is 9.97 Å². The van der Waals surface area contributed by atoms with E-state index in [0.717, 1.165) is 17.5 Å². The predicted octanol–water partition coefficient (Wildman–Crippen LogP) is 2.24.